The van der Waals surface area contributed by atoms with E-state index in [9.17, 15) is 4.39 Å². The molecule has 1 nitrogen and oxygen atoms in total. The summed E-state index contributed by atoms with van der Waals surface area (Å²) in [4.78, 5) is 0. The van der Waals surface area contributed by atoms with E-state index >= 15 is 0 Å². The Morgan fingerprint density at radius 1 is 1.25 bits per heavy atom. The van der Waals surface area contributed by atoms with E-state index in [4.69, 9.17) is 17.3 Å². The van der Waals surface area contributed by atoms with Gasteiger partial charge in [0, 0.05) is 6.04 Å². The minimum atomic E-state index is -0.372. The van der Waals surface area contributed by atoms with E-state index in [0.717, 1.165) is 18.4 Å². The zero-order chi connectivity index (χ0) is 14.1. The Labute approximate surface area is 123 Å². The monoisotopic (exact) mass is 289 g/mol. The number of rotatable bonds is 3. The first-order valence-corrected chi connectivity index (χ1v) is 7.30. The summed E-state index contributed by atoms with van der Waals surface area (Å²) in [6, 6.07) is 13.4. The summed E-state index contributed by atoms with van der Waals surface area (Å²) in [7, 11) is 0. The maximum atomic E-state index is 13.5. The molecule has 1 aliphatic rings. The van der Waals surface area contributed by atoms with Crippen molar-refractivity contribution in [3.05, 3.63) is 70.0 Å². The minimum Gasteiger partial charge on any atom is -0.327 e. The van der Waals surface area contributed by atoms with E-state index in [-0.39, 0.29) is 16.9 Å². The molecule has 0 aliphatic heterocycles. The van der Waals surface area contributed by atoms with Crippen LogP contribution in [0.25, 0.3) is 0 Å². The highest BCUT2D eigenvalue weighted by Crippen LogP contribution is 2.35. The fourth-order valence-electron chi connectivity index (χ4n) is 3.12. The molecule has 2 atom stereocenters. The van der Waals surface area contributed by atoms with Crippen molar-refractivity contribution >= 4 is 11.6 Å². The van der Waals surface area contributed by atoms with Crippen LogP contribution < -0.4 is 5.73 Å². The minimum absolute atomic E-state index is 0.0132. The van der Waals surface area contributed by atoms with Gasteiger partial charge in [-0.3, -0.25) is 0 Å². The Balaban J connectivity index is 1.77. The average molecular weight is 290 g/mol. The Bertz CT molecular complexity index is 626. The third-order valence-electron chi connectivity index (χ3n) is 4.15. The molecule has 20 heavy (non-hydrogen) atoms. The van der Waals surface area contributed by atoms with Gasteiger partial charge in [-0.15, -0.1) is 0 Å². The summed E-state index contributed by atoms with van der Waals surface area (Å²) in [6.07, 6.45) is 2.84. The molecule has 0 bridgehead atoms. The van der Waals surface area contributed by atoms with Crippen LogP contribution in [0.3, 0.4) is 0 Å². The molecule has 2 aromatic rings. The standard InChI is InChI=1S/C17H17ClFN/c18-15-8-5-11(9-16(15)19)10-17(20)14-7-6-12-3-1-2-4-13(12)14/h1-5,8-9,14,17H,6-7,10,20H2. The van der Waals surface area contributed by atoms with Crippen molar-refractivity contribution in [2.24, 2.45) is 5.73 Å². The maximum absolute atomic E-state index is 13.5. The predicted molar refractivity (Wildman–Crippen MR) is 80.6 cm³/mol. The highest BCUT2D eigenvalue weighted by molar-refractivity contribution is 6.30. The summed E-state index contributed by atoms with van der Waals surface area (Å²) in [5.74, 6) is -0.00636. The molecule has 3 rings (SSSR count). The van der Waals surface area contributed by atoms with Crippen molar-refractivity contribution in [2.75, 3.05) is 0 Å². The predicted octanol–water partition coefficient (Wildman–Crippen LogP) is 4.08. The first-order valence-electron chi connectivity index (χ1n) is 6.92. The van der Waals surface area contributed by atoms with Gasteiger partial charge in [0.25, 0.3) is 0 Å². The second kappa shape index (κ2) is 5.55. The molecule has 0 fully saturated rings. The van der Waals surface area contributed by atoms with Crippen molar-refractivity contribution in [3.63, 3.8) is 0 Å². The van der Waals surface area contributed by atoms with Gasteiger partial charge in [-0.2, -0.15) is 0 Å². The molecule has 0 saturated heterocycles. The molecule has 3 heteroatoms. The van der Waals surface area contributed by atoms with Crippen LogP contribution in [-0.4, -0.2) is 6.04 Å². The fourth-order valence-corrected chi connectivity index (χ4v) is 3.23. The van der Waals surface area contributed by atoms with Gasteiger partial charge in [-0.05, 0) is 54.0 Å². The van der Waals surface area contributed by atoms with Gasteiger partial charge in [-0.25, -0.2) is 4.39 Å². The smallest absolute Gasteiger partial charge is 0.142 e. The van der Waals surface area contributed by atoms with E-state index in [2.05, 4.69) is 24.3 Å². The molecule has 0 heterocycles. The summed E-state index contributed by atoms with van der Waals surface area (Å²) in [6.45, 7) is 0. The van der Waals surface area contributed by atoms with E-state index in [1.807, 2.05) is 6.07 Å². The first kappa shape index (κ1) is 13.6. The topological polar surface area (TPSA) is 26.0 Å². The lowest BCUT2D eigenvalue weighted by Gasteiger charge is -2.20. The number of aryl methyl sites for hydroxylation is 1. The molecular weight excluding hydrogens is 273 g/mol. The van der Waals surface area contributed by atoms with Crippen molar-refractivity contribution in [3.8, 4) is 0 Å². The SMILES string of the molecule is NC(Cc1ccc(Cl)c(F)c1)C1CCc2ccccc21. The van der Waals surface area contributed by atoms with Crippen LogP contribution in [0.4, 0.5) is 4.39 Å². The summed E-state index contributed by atoms with van der Waals surface area (Å²) < 4.78 is 13.5. The Hall–Kier alpha value is -1.38. The largest absolute Gasteiger partial charge is 0.327 e. The van der Waals surface area contributed by atoms with Gasteiger partial charge in [0.1, 0.15) is 5.82 Å². The molecule has 0 radical (unpaired) electrons. The summed E-state index contributed by atoms with van der Waals surface area (Å²) >= 11 is 5.71. The van der Waals surface area contributed by atoms with Crippen LogP contribution in [0.1, 0.15) is 29.0 Å². The van der Waals surface area contributed by atoms with Crippen LogP contribution in [0.5, 0.6) is 0 Å². The quantitative estimate of drug-likeness (QED) is 0.905. The van der Waals surface area contributed by atoms with E-state index in [0.29, 0.717) is 12.3 Å². The van der Waals surface area contributed by atoms with Crippen LogP contribution in [0.15, 0.2) is 42.5 Å². The average Bonchev–Trinajstić information content (AvgIpc) is 2.87. The Morgan fingerprint density at radius 3 is 2.85 bits per heavy atom. The number of halogens is 2. The molecule has 2 aromatic carbocycles. The molecule has 0 aromatic heterocycles. The molecular formula is C17H17ClFN. The lowest BCUT2D eigenvalue weighted by molar-refractivity contribution is 0.523. The third kappa shape index (κ3) is 2.58. The zero-order valence-electron chi connectivity index (χ0n) is 11.2. The normalized spacial score (nSPS) is 18.9. The van der Waals surface area contributed by atoms with Crippen LogP contribution >= 0.6 is 11.6 Å². The van der Waals surface area contributed by atoms with Gasteiger partial charge in [0.15, 0.2) is 0 Å². The summed E-state index contributed by atoms with van der Waals surface area (Å²) in [5.41, 5.74) is 10.0. The molecule has 2 unspecified atom stereocenters. The molecule has 104 valence electrons. The lowest BCUT2D eigenvalue weighted by atomic mass is 9.89. The number of hydrogen-bond acceptors (Lipinski definition) is 1. The lowest BCUT2D eigenvalue weighted by Crippen LogP contribution is -2.29. The highest BCUT2D eigenvalue weighted by Gasteiger charge is 2.27. The van der Waals surface area contributed by atoms with E-state index in [1.165, 1.54) is 17.2 Å². The number of fused-ring (bicyclic) bond motifs is 1. The van der Waals surface area contributed by atoms with Gasteiger partial charge >= 0.3 is 0 Å². The highest BCUT2D eigenvalue weighted by atomic mass is 35.5. The van der Waals surface area contributed by atoms with Crippen LogP contribution in [0, 0.1) is 5.82 Å². The number of benzene rings is 2. The molecule has 0 amide bonds. The number of nitrogens with two attached hydrogens (primary N) is 1. The molecule has 1 aliphatic carbocycles. The van der Waals surface area contributed by atoms with E-state index in [1.54, 1.807) is 6.07 Å². The summed E-state index contributed by atoms with van der Waals surface area (Å²) in [5, 5.41) is 0.161. The first-order chi connectivity index (χ1) is 9.65. The zero-order valence-corrected chi connectivity index (χ0v) is 11.9. The van der Waals surface area contributed by atoms with Crippen molar-refractivity contribution in [1.82, 2.24) is 0 Å². The van der Waals surface area contributed by atoms with Gasteiger partial charge in [0.2, 0.25) is 0 Å². The maximum Gasteiger partial charge on any atom is 0.142 e. The van der Waals surface area contributed by atoms with Crippen molar-refractivity contribution < 1.29 is 4.39 Å². The van der Waals surface area contributed by atoms with Crippen molar-refractivity contribution in [2.45, 2.75) is 31.2 Å². The second-order valence-corrected chi connectivity index (χ2v) is 5.87. The van der Waals surface area contributed by atoms with Gasteiger partial charge < -0.3 is 5.73 Å². The molecule has 0 saturated carbocycles. The van der Waals surface area contributed by atoms with Crippen molar-refractivity contribution in [1.29, 1.82) is 0 Å². The van der Waals surface area contributed by atoms with Crippen LogP contribution in [0.2, 0.25) is 5.02 Å². The molecule has 0 spiro atoms. The fraction of sp³-hybridized carbons (Fsp3) is 0.294. The Morgan fingerprint density at radius 2 is 2.05 bits per heavy atom. The van der Waals surface area contributed by atoms with Crippen LogP contribution in [-0.2, 0) is 12.8 Å². The Kier molecular flexibility index (Phi) is 3.77. The van der Waals surface area contributed by atoms with Gasteiger partial charge in [0.05, 0.1) is 5.02 Å². The third-order valence-corrected chi connectivity index (χ3v) is 4.46. The van der Waals surface area contributed by atoms with Gasteiger partial charge in [-0.1, -0.05) is 41.9 Å². The molecule has 2 N–H and O–H groups in total. The second-order valence-electron chi connectivity index (χ2n) is 5.46. The van der Waals surface area contributed by atoms with E-state index < -0.39 is 0 Å². The number of hydrogen-bond donors (Lipinski definition) is 1.